The number of halogens is 1. The van der Waals surface area contributed by atoms with Crippen molar-refractivity contribution in [1.29, 1.82) is 0 Å². The molecule has 1 aromatic carbocycles. The number of nitrogen functional groups attached to an aromatic ring is 1. The maximum atomic E-state index is 5.77. The summed E-state index contributed by atoms with van der Waals surface area (Å²) in [6.45, 7) is 0.450. The third kappa shape index (κ3) is 2.87. The average molecular weight is 235 g/mol. The Morgan fingerprint density at radius 3 is 2.88 bits per heavy atom. The molecule has 4 heteroatoms. The quantitative estimate of drug-likeness (QED) is 0.656. The highest BCUT2D eigenvalue weighted by molar-refractivity contribution is 6.29. The van der Waals surface area contributed by atoms with Gasteiger partial charge in [0, 0.05) is 18.0 Å². The molecular weight excluding hydrogens is 224 g/mol. The smallest absolute Gasteiger partial charge is 0.129 e. The molecule has 0 bridgehead atoms. The Morgan fingerprint density at radius 1 is 1.25 bits per heavy atom. The molecule has 0 saturated heterocycles. The van der Waals surface area contributed by atoms with E-state index in [9.17, 15) is 0 Å². The lowest BCUT2D eigenvalue weighted by Crippen LogP contribution is -1.96. The van der Waals surface area contributed by atoms with E-state index >= 15 is 0 Å². The van der Waals surface area contributed by atoms with E-state index < -0.39 is 0 Å². The van der Waals surface area contributed by atoms with Crippen LogP contribution in [0.5, 0.6) is 5.75 Å². The monoisotopic (exact) mass is 234 g/mol. The zero-order chi connectivity index (χ0) is 11.4. The predicted octanol–water partition coefficient (Wildman–Crippen LogP) is 2.90. The Bertz CT molecular complexity index is 442. The Balaban J connectivity index is 2.02. The zero-order valence-corrected chi connectivity index (χ0v) is 9.32. The van der Waals surface area contributed by atoms with Crippen molar-refractivity contribution in [2.45, 2.75) is 6.61 Å². The number of rotatable bonds is 3. The van der Waals surface area contributed by atoms with Gasteiger partial charge in [-0.25, -0.2) is 4.98 Å². The van der Waals surface area contributed by atoms with E-state index in [1.165, 1.54) is 0 Å². The van der Waals surface area contributed by atoms with Crippen LogP contribution < -0.4 is 10.5 Å². The van der Waals surface area contributed by atoms with Gasteiger partial charge >= 0.3 is 0 Å². The van der Waals surface area contributed by atoms with Gasteiger partial charge in [0.2, 0.25) is 0 Å². The second-order valence-corrected chi connectivity index (χ2v) is 3.74. The number of hydrogen-bond donors (Lipinski definition) is 1. The summed E-state index contributed by atoms with van der Waals surface area (Å²) < 4.78 is 5.56. The SMILES string of the molecule is Nc1cccc(OCc2ccnc(Cl)c2)c1. The summed E-state index contributed by atoms with van der Waals surface area (Å²) in [7, 11) is 0. The zero-order valence-electron chi connectivity index (χ0n) is 8.56. The molecule has 0 aliphatic rings. The number of hydrogen-bond acceptors (Lipinski definition) is 3. The van der Waals surface area contributed by atoms with E-state index in [2.05, 4.69) is 4.98 Å². The Labute approximate surface area is 98.8 Å². The molecule has 0 unspecified atom stereocenters. The van der Waals surface area contributed by atoms with Crippen LogP contribution in [0.3, 0.4) is 0 Å². The summed E-state index contributed by atoms with van der Waals surface area (Å²) in [5.41, 5.74) is 7.30. The number of benzene rings is 1. The van der Waals surface area contributed by atoms with Gasteiger partial charge < -0.3 is 10.5 Å². The van der Waals surface area contributed by atoms with Gasteiger partial charge in [0.25, 0.3) is 0 Å². The standard InChI is InChI=1S/C12H11ClN2O/c13-12-6-9(4-5-15-12)8-16-11-3-1-2-10(14)7-11/h1-7H,8,14H2. The van der Waals surface area contributed by atoms with Gasteiger partial charge in [-0.2, -0.15) is 0 Å². The van der Waals surface area contributed by atoms with E-state index in [0.717, 1.165) is 11.3 Å². The van der Waals surface area contributed by atoms with Crippen LogP contribution in [0.15, 0.2) is 42.6 Å². The van der Waals surface area contributed by atoms with Crippen molar-refractivity contribution >= 4 is 17.3 Å². The molecule has 0 spiro atoms. The number of nitrogens with zero attached hydrogens (tertiary/aromatic N) is 1. The van der Waals surface area contributed by atoms with Gasteiger partial charge in [-0.3, -0.25) is 0 Å². The fourth-order valence-corrected chi connectivity index (χ4v) is 1.50. The van der Waals surface area contributed by atoms with Gasteiger partial charge in [0.05, 0.1) is 0 Å². The largest absolute Gasteiger partial charge is 0.489 e. The minimum Gasteiger partial charge on any atom is -0.489 e. The minimum atomic E-state index is 0.450. The average Bonchev–Trinajstić information content (AvgIpc) is 2.27. The van der Waals surface area contributed by atoms with Crippen molar-refractivity contribution in [1.82, 2.24) is 4.98 Å². The van der Waals surface area contributed by atoms with Crippen LogP contribution in [0.25, 0.3) is 0 Å². The Hall–Kier alpha value is -1.74. The van der Waals surface area contributed by atoms with E-state index in [4.69, 9.17) is 22.1 Å². The molecule has 3 nitrogen and oxygen atoms in total. The molecule has 82 valence electrons. The van der Waals surface area contributed by atoms with E-state index in [1.807, 2.05) is 24.3 Å². The summed E-state index contributed by atoms with van der Waals surface area (Å²) >= 11 is 5.77. The lowest BCUT2D eigenvalue weighted by atomic mass is 10.3. The lowest BCUT2D eigenvalue weighted by Gasteiger charge is -2.06. The van der Waals surface area contributed by atoms with Crippen molar-refractivity contribution in [2.24, 2.45) is 0 Å². The summed E-state index contributed by atoms with van der Waals surface area (Å²) in [6, 6.07) is 10.9. The third-order valence-electron chi connectivity index (χ3n) is 2.05. The van der Waals surface area contributed by atoms with Crippen molar-refractivity contribution in [3.8, 4) is 5.75 Å². The first-order valence-corrected chi connectivity index (χ1v) is 5.20. The minimum absolute atomic E-state index is 0.450. The lowest BCUT2D eigenvalue weighted by molar-refractivity contribution is 0.306. The highest BCUT2D eigenvalue weighted by Gasteiger charge is 1.97. The first kappa shape index (κ1) is 10.8. The van der Waals surface area contributed by atoms with Crippen LogP contribution in [-0.4, -0.2) is 4.98 Å². The van der Waals surface area contributed by atoms with Gasteiger partial charge in [-0.05, 0) is 29.8 Å². The van der Waals surface area contributed by atoms with Gasteiger partial charge in [0.15, 0.2) is 0 Å². The highest BCUT2D eigenvalue weighted by Crippen LogP contribution is 2.16. The summed E-state index contributed by atoms with van der Waals surface area (Å²) in [4.78, 5) is 3.90. The Morgan fingerprint density at radius 2 is 2.12 bits per heavy atom. The van der Waals surface area contributed by atoms with Crippen LogP contribution in [0.2, 0.25) is 5.15 Å². The number of pyridine rings is 1. The number of anilines is 1. The van der Waals surface area contributed by atoms with Crippen LogP contribution >= 0.6 is 11.6 Å². The second kappa shape index (κ2) is 4.86. The van der Waals surface area contributed by atoms with E-state index in [-0.39, 0.29) is 0 Å². The van der Waals surface area contributed by atoms with Gasteiger partial charge in [0.1, 0.15) is 17.5 Å². The number of aromatic nitrogens is 1. The van der Waals surface area contributed by atoms with Crippen molar-refractivity contribution in [3.63, 3.8) is 0 Å². The molecule has 0 saturated carbocycles. The number of ether oxygens (including phenoxy) is 1. The predicted molar refractivity (Wildman–Crippen MR) is 64.4 cm³/mol. The summed E-state index contributed by atoms with van der Waals surface area (Å²) in [6.07, 6.45) is 1.65. The molecule has 0 aliphatic heterocycles. The highest BCUT2D eigenvalue weighted by atomic mass is 35.5. The fraction of sp³-hybridized carbons (Fsp3) is 0.0833. The van der Waals surface area contributed by atoms with Crippen LogP contribution in [0.1, 0.15) is 5.56 Å². The van der Waals surface area contributed by atoms with E-state index in [0.29, 0.717) is 17.4 Å². The third-order valence-corrected chi connectivity index (χ3v) is 2.26. The molecule has 2 N–H and O–H groups in total. The summed E-state index contributed by atoms with van der Waals surface area (Å²) in [5, 5.41) is 0.466. The molecule has 1 aromatic heterocycles. The topological polar surface area (TPSA) is 48.1 Å². The molecule has 0 fully saturated rings. The molecule has 0 aliphatic carbocycles. The first-order chi connectivity index (χ1) is 7.74. The van der Waals surface area contributed by atoms with Crippen molar-refractivity contribution in [3.05, 3.63) is 53.3 Å². The van der Waals surface area contributed by atoms with Crippen molar-refractivity contribution in [2.75, 3.05) is 5.73 Å². The van der Waals surface area contributed by atoms with Crippen LogP contribution in [0, 0.1) is 0 Å². The summed E-state index contributed by atoms with van der Waals surface area (Å²) in [5.74, 6) is 0.743. The molecule has 2 aromatic rings. The fourth-order valence-electron chi connectivity index (χ4n) is 1.30. The molecular formula is C12H11ClN2O. The number of nitrogens with two attached hydrogens (primary N) is 1. The molecule has 16 heavy (non-hydrogen) atoms. The molecule has 2 rings (SSSR count). The van der Waals surface area contributed by atoms with Gasteiger partial charge in [-0.1, -0.05) is 17.7 Å². The molecule has 0 radical (unpaired) electrons. The Kier molecular flexibility index (Phi) is 3.27. The van der Waals surface area contributed by atoms with Crippen LogP contribution in [-0.2, 0) is 6.61 Å². The maximum Gasteiger partial charge on any atom is 0.129 e. The molecule has 1 heterocycles. The molecule has 0 atom stereocenters. The second-order valence-electron chi connectivity index (χ2n) is 3.35. The normalized spacial score (nSPS) is 10.1. The molecule has 0 amide bonds. The van der Waals surface area contributed by atoms with Crippen molar-refractivity contribution < 1.29 is 4.74 Å². The first-order valence-electron chi connectivity index (χ1n) is 4.83. The van der Waals surface area contributed by atoms with E-state index in [1.54, 1.807) is 18.3 Å². The van der Waals surface area contributed by atoms with Gasteiger partial charge in [-0.15, -0.1) is 0 Å². The van der Waals surface area contributed by atoms with Crippen LogP contribution in [0.4, 0.5) is 5.69 Å². The maximum absolute atomic E-state index is 5.77.